The second kappa shape index (κ2) is 7.50. The molecule has 0 aliphatic heterocycles. The van der Waals surface area contributed by atoms with E-state index < -0.39 is 0 Å². The van der Waals surface area contributed by atoms with Crippen LogP contribution >= 0.6 is 11.8 Å². The monoisotopic (exact) mass is 236 g/mol. The molecular formula is C14H20OS. The zero-order valence-corrected chi connectivity index (χ0v) is 10.9. The summed E-state index contributed by atoms with van der Waals surface area (Å²) in [7, 11) is 0. The summed E-state index contributed by atoms with van der Waals surface area (Å²) in [6.07, 6.45) is 3.07. The van der Waals surface area contributed by atoms with Crippen LogP contribution in [-0.2, 0) is 4.79 Å². The smallest absolute Gasteiger partial charge is 0.130 e. The van der Waals surface area contributed by atoms with Crippen molar-refractivity contribution in [3.8, 4) is 0 Å². The molecule has 0 radical (unpaired) electrons. The number of carbonyl (C=O) groups excluding carboxylic acids is 1. The van der Waals surface area contributed by atoms with Gasteiger partial charge in [-0.25, -0.2) is 0 Å². The van der Waals surface area contributed by atoms with Crippen LogP contribution in [0.2, 0.25) is 0 Å². The molecular weight excluding hydrogens is 216 g/mol. The first-order valence-electron chi connectivity index (χ1n) is 5.90. The van der Waals surface area contributed by atoms with Crippen LogP contribution in [0.1, 0.15) is 43.9 Å². The molecule has 0 bridgehead atoms. The second-order valence-corrected chi connectivity index (χ2v) is 5.32. The van der Waals surface area contributed by atoms with Gasteiger partial charge in [0.05, 0.1) is 0 Å². The molecule has 1 aromatic rings. The van der Waals surface area contributed by atoms with E-state index in [1.165, 1.54) is 18.4 Å². The molecule has 0 aliphatic rings. The molecule has 2 heteroatoms. The predicted octanol–water partition coefficient (Wildman–Crippen LogP) is 4.24. The first-order valence-corrected chi connectivity index (χ1v) is 6.95. The molecule has 0 amide bonds. The number of hydrogen-bond acceptors (Lipinski definition) is 2. The number of rotatable bonds is 7. The molecule has 0 fully saturated rings. The topological polar surface area (TPSA) is 17.1 Å². The zero-order chi connectivity index (χ0) is 11.8. The average Bonchev–Trinajstić information content (AvgIpc) is 2.29. The van der Waals surface area contributed by atoms with Crippen molar-refractivity contribution in [2.24, 2.45) is 0 Å². The Morgan fingerprint density at radius 1 is 1.31 bits per heavy atom. The summed E-state index contributed by atoms with van der Waals surface area (Å²) < 4.78 is 0. The van der Waals surface area contributed by atoms with E-state index in [-0.39, 0.29) is 5.78 Å². The number of ketones is 1. The fourth-order valence-corrected chi connectivity index (χ4v) is 3.06. The van der Waals surface area contributed by atoms with E-state index in [4.69, 9.17) is 0 Å². The van der Waals surface area contributed by atoms with Crippen molar-refractivity contribution in [3.63, 3.8) is 0 Å². The predicted molar refractivity (Wildman–Crippen MR) is 71.8 cm³/mol. The summed E-state index contributed by atoms with van der Waals surface area (Å²) in [4.78, 5) is 10.9. The molecule has 16 heavy (non-hydrogen) atoms. The quantitative estimate of drug-likeness (QED) is 0.704. The zero-order valence-electron chi connectivity index (χ0n) is 10.1. The summed E-state index contributed by atoms with van der Waals surface area (Å²) >= 11 is 1.91. The number of Topliss-reactive ketones (excluding diaryl/α,β-unsaturated/α-hetero) is 1. The molecule has 88 valence electrons. The molecule has 0 saturated carbocycles. The number of hydrogen-bond donors (Lipinski definition) is 0. The van der Waals surface area contributed by atoms with E-state index >= 15 is 0 Å². The van der Waals surface area contributed by atoms with Crippen LogP contribution in [0.5, 0.6) is 0 Å². The van der Waals surface area contributed by atoms with Gasteiger partial charge >= 0.3 is 0 Å². The van der Waals surface area contributed by atoms with Crippen LogP contribution in [0.25, 0.3) is 0 Å². The molecule has 1 unspecified atom stereocenters. The first-order chi connectivity index (χ1) is 7.74. The van der Waals surface area contributed by atoms with Gasteiger partial charge in [-0.1, -0.05) is 43.7 Å². The number of benzene rings is 1. The maximum absolute atomic E-state index is 10.9. The van der Waals surface area contributed by atoms with E-state index in [1.54, 1.807) is 6.92 Å². The summed E-state index contributed by atoms with van der Waals surface area (Å²) in [6.45, 7) is 3.87. The number of thioether (sulfide) groups is 1. The van der Waals surface area contributed by atoms with Crippen molar-refractivity contribution in [2.45, 2.75) is 38.4 Å². The Bertz CT molecular complexity index is 308. The lowest BCUT2D eigenvalue weighted by atomic mass is 10.1. The highest BCUT2D eigenvalue weighted by Crippen LogP contribution is 2.33. The van der Waals surface area contributed by atoms with Crippen molar-refractivity contribution in [3.05, 3.63) is 35.9 Å². The van der Waals surface area contributed by atoms with Gasteiger partial charge in [-0.05, 0) is 18.9 Å². The van der Waals surface area contributed by atoms with Crippen molar-refractivity contribution in [1.29, 1.82) is 0 Å². The minimum atomic E-state index is 0.288. The van der Waals surface area contributed by atoms with Gasteiger partial charge in [0.1, 0.15) is 5.78 Å². The number of carbonyl (C=O) groups is 1. The van der Waals surface area contributed by atoms with Crippen LogP contribution in [-0.4, -0.2) is 11.5 Å². The van der Waals surface area contributed by atoms with Crippen LogP contribution in [0.4, 0.5) is 0 Å². The Balaban J connectivity index is 2.51. The highest BCUT2D eigenvalue weighted by Gasteiger charge is 2.10. The Hall–Kier alpha value is -0.760. The normalized spacial score (nSPS) is 12.4. The summed E-state index contributed by atoms with van der Waals surface area (Å²) in [5.74, 6) is 1.23. The first kappa shape index (κ1) is 13.3. The minimum absolute atomic E-state index is 0.288. The standard InChI is InChI=1S/C14H20OS/c1-3-7-14(16-11-10-12(2)15)13-8-5-4-6-9-13/h4-6,8-9,14H,3,7,10-11H2,1-2H3. The highest BCUT2D eigenvalue weighted by atomic mass is 32.2. The summed E-state index contributed by atoms with van der Waals surface area (Å²) in [5.41, 5.74) is 1.39. The van der Waals surface area contributed by atoms with Crippen LogP contribution in [0.15, 0.2) is 30.3 Å². The lowest BCUT2D eigenvalue weighted by Crippen LogP contribution is -1.98. The largest absolute Gasteiger partial charge is 0.300 e. The fourth-order valence-electron chi connectivity index (χ4n) is 1.62. The van der Waals surface area contributed by atoms with Crippen molar-refractivity contribution >= 4 is 17.5 Å². The van der Waals surface area contributed by atoms with E-state index in [9.17, 15) is 4.79 Å². The molecule has 0 spiro atoms. The van der Waals surface area contributed by atoms with Crippen LogP contribution in [0.3, 0.4) is 0 Å². The van der Waals surface area contributed by atoms with E-state index in [0.717, 1.165) is 5.75 Å². The Labute approximate surface area is 103 Å². The van der Waals surface area contributed by atoms with Gasteiger partial charge in [0.25, 0.3) is 0 Å². The van der Waals surface area contributed by atoms with E-state index in [0.29, 0.717) is 11.7 Å². The van der Waals surface area contributed by atoms with Crippen LogP contribution < -0.4 is 0 Å². The maximum Gasteiger partial charge on any atom is 0.130 e. The Kier molecular flexibility index (Phi) is 6.24. The van der Waals surface area contributed by atoms with Gasteiger partial charge in [-0.3, -0.25) is 4.79 Å². The van der Waals surface area contributed by atoms with Gasteiger partial charge in [0.2, 0.25) is 0 Å². The van der Waals surface area contributed by atoms with E-state index in [2.05, 4.69) is 31.2 Å². The molecule has 0 aromatic heterocycles. The summed E-state index contributed by atoms with van der Waals surface area (Å²) in [5, 5.41) is 0.547. The third-order valence-electron chi connectivity index (χ3n) is 2.50. The fraction of sp³-hybridized carbons (Fsp3) is 0.500. The van der Waals surface area contributed by atoms with Crippen molar-refractivity contribution in [1.82, 2.24) is 0 Å². The van der Waals surface area contributed by atoms with Gasteiger partial charge in [0.15, 0.2) is 0 Å². The lowest BCUT2D eigenvalue weighted by Gasteiger charge is -2.15. The van der Waals surface area contributed by atoms with E-state index in [1.807, 2.05) is 17.8 Å². The van der Waals surface area contributed by atoms with Gasteiger partial charge in [-0.2, -0.15) is 11.8 Å². The molecule has 0 saturated heterocycles. The average molecular weight is 236 g/mol. The van der Waals surface area contributed by atoms with Gasteiger partial charge < -0.3 is 0 Å². The van der Waals surface area contributed by atoms with Gasteiger partial charge in [0, 0.05) is 17.4 Å². The Morgan fingerprint density at radius 3 is 2.56 bits per heavy atom. The van der Waals surface area contributed by atoms with Gasteiger partial charge in [-0.15, -0.1) is 0 Å². The van der Waals surface area contributed by atoms with Crippen molar-refractivity contribution < 1.29 is 4.79 Å². The van der Waals surface area contributed by atoms with Crippen LogP contribution in [0, 0.1) is 0 Å². The molecule has 0 N–H and O–H groups in total. The molecule has 1 atom stereocenters. The summed E-state index contributed by atoms with van der Waals surface area (Å²) in [6, 6.07) is 10.6. The third-order valence-corrected chi connectivity index (χ3v) is 3.85. The molecule has 0 aliphatic carbocycles. The Morgan fingerprint density at radius 2 is 2.00 bits per heavy atom. The molecule has 1 aromatic carbocycles. The lowest BCUT2D eigenvalue weighted by molar-refractivity contribution is -0.116. The minimum Gasteiger partial charge on any atom is -0.300 e. The second-order valence-electron chi connectivity index (χ2n) is 4.01. The highest BCUT2D eigenvalue weighted by molar-refractivity contribution is 7.99. The molecule has 1 nitrogen and oxygen atoms in total. The maximum atomic E-state index is 10.9. The third kappa shape index (κ3) is 4.84. The SMILES string of the molecule is CCCC(SCCC(C)=O)c1ccccc1. The molecule has 1 rings (SSSR count). The van der Waals surface area contributed by atoms with Crippen molar-refractivity contribution in [2.75, 3.05) is 5.75 Å². The molecule has 0 heterocycles.